The third-order valence-electron chi connectivity index (χ3n) is 4.69. The molecule has 0 aliphatic carbocycles. The van der Waals surface area contributed by atoms with E-state index in [0.717, 1.165) is 5.56 Å². The molecule has 1 heterocycles. The zero-order chi connectivity index (χ0) is 17.7. The molecule has 1 fully saturated rings. The molecule has 1 aliphatic heterocycles. The van der Waals surface area contributed by atoms with Gasteiger partial charge >= 0.3 is 12.1 Å². The number of nitrogens with one attached hydrogen (secondary N) is 1. The van der Waals surface area contributed by atoms with Gasteiger partial charge < -0.3 is 14.8 Å². The Labute approximate surface area is 143 Å². The first-order valence-electron chi connectivity index (χ1n) is 8.50. The monoisotopic (exact) mass is 333 g/mol. The summed E-state index contributed by atoms with van der Waals surface area (Å²) in [6.45, 7) is 8.25. The van der Waals surface area contributed by atoms with E-state index in [2.05, 4.69) is 19.2 Å². The maximum absolute atomic E-state index is 12.2. The zero-order valence-corrected chi connectivity index (χ0v) is 14.9. The van der Waals surface area contributed by atoms with Crippen molar-refractivity contribution in [1.82, 2.24) is 5.32 Å². The number of ether oxygens (including phenoxy) is 2. The van der Waals surface area contributed by atoms with Crippen molar-refractivity contribution < 1.29 is 19.1 Å². The van der Waals surface area contributed by atoms with Crippen LogP contribution in [0.15, 0.2) is 30.3 Å². The molecule has 5 nitrogen and oxygen atoms in total. The van der Waals surface area contributed by atoms with Crippen molar-refractivity contribution >= 4 is 12.1 Å². The summed E-state index contributed by atoms with van der Waals surface area (Å²) >= 11 is 0. The predicted molar refractivity (Wildman–Crippen MR) is 91.3 cm³/mol. The fourth-order valence-electron chi connectivity index (χ4n) is 3.07. The van der Waals surface area contributed by atoms with Crippen LogP contribution in [-0.2, 0) is 20.9 Å². The molecule has 3 atom stereocenters. The average molecular weight is 333 g/mol. The molecule has 0 unspecified atom stereocenters. The Morgan fingerprint density at radius 2 is 2.04 bits per heavy atom. The Kier molecular flexibility index (Phi) is 5.86. The van der Waals surface area contributed by atoms with Crippen LogP contribution in [0.1, 0.15) is 46.1 Å². The molecule has 0 bridgehead atoms. The SMILES string of the molecule is CC(C)C[C@@H](NC(=O)OCc1ccccc1)[C@]1(C)OC(=O)C[C@@H]1C. The van der Waals surface area contributed by atoms with Gasteiger partial charge in [0.1, 0.15) is 12.2 Å². The number of cyclic esters (lactones) is 1. The molecule has 0 aromatic heterocycles. The van der Waals surface area contributed by atoms with Crippen molar-refractivity contribution in [2.75, 3.05) is 0 Å². The van der Waals surface area contributed by atoms with Crippen LogP contribution in [-0.4, -0.2) is 23.7 Å². The molecule has 1 aromatic rings. The molecular weight excluding hydrogens is 306 g/mol. The zero-order valence-electron chi connectivity index (χ0n) is 14.9. The first kappa shape index (κ1) is 18.3. The number of carbonyl (C=O) groups is 2. The van der Waals surface area contributed by atoms with Gasteiger partial charge in [-0.05, 0) is 24.8 Å². The molecule has 1 N–H and O–H groups in total. The number of rotatable bonds is 6. The highest BCUT2D eigenvalue weighted by Crippen LogP contribution is 2.37. The Morgan fingerprint density at radius 3 is 2.58 bits per heavy atom. The second-order valence-corrected chi connectivity index (χ2v) is 7.15. The van der Waals surface area contributed by atoms with Crippen LogP contribution in [0.2, 0.25) is 0 Å². The lowest BCUT2D eigenvalue weighted by Crippen LogP contribution is -2.54. The second-order valence-electron chi connectivity index (χ2n) is 7.15. The van der Waals surface area contributed by atoms with Crippen LogP contribution in [0.4, 0.5) is 4.79 Å². The molecule has 0 spiro atoms. The average Bonchev–Trinajstić information content (AvgIpc) is 2.79. The highest BCUT2D eigenvalue weighted by Gasteiger charge is 2.49. The first-order valence-corrected chi connectivity index (χ1v) is 8.50. The van der Waals surface area contributed by atoms with Crippen molar-refractivity contribution in [2.45, 2.75) is 58.8 Å². The highest BCUT2D eigenvalue weighted by atomic mass is 16.6. The smallest absolute Gasteiger partial charge is 0.407 e. The van der Waals surface area contributed by atoms with Gasteiger partial charge in [-0.15, -0.1) is 0 Å². The van der Waals surface area contributed by atoms with E-state index in [1.54, 1.807) is 0 Å². The standard InChI is InChI=1S/C19H27NO4/c1-13(2)10-16(19(4)14(3)11-17(21)24-19)20-18(22)23-12-15-8-6-5-7-9-15/h5-9,13-14,16H,10-12H2,1-4H3,(H,20,22)/t14-,16+,19+/m0/s1. The van der Waals surface area contributed by atoms with Gasteiger partial charge in [-0.2, -0.15) is 0 Å². The molecule has 1 aromatic carbocycles. The van der Waals surface area contributed by atoms with Gasteiger partial charge in [0.15, 0.2) is 0 Å². The van der Waals surface area contributed by atoms with Crippen molar-refractivity contribution in [3.05, 3.63) is 35.9 Å². The van der Waals surface area contributed by atoms with Crippen molar-refractivity contribution in [3.63, 3.8) is 0 Å². The summed E-state index contributed by atoms with van der Waals surface area (Å²) in [6.07, 6.45) is 0.612. The van der Waals surface area contributed by atoms with Gasteiger partial charge in [-0.1, -0.05) is 51.1 Å². The quantitative estimate of drug-likeness (QED) is 0.807. The molecule has 1 saturated heterocycles. The lowest BCUT2D eigenvalue weighted by Gasteiger charge is -2.37. The summed E-state index contributed by atoms with van der Waals surface area (Å²) in [6, 6.07) is 9.25. The molecule has 1 aliphatic rings. The van der Waals surface area contributed by atoms with Gasteiger partial charge in [-0.25, -0.2) is 4.79 Å². The van der Waals surface area contributed by atoms with E-state index in [4.69, 9.17) is 9.47 Å². The van der Waals surface area contributed by atoms with Gasteiger partial charge in [0.25, 0.3) is 0 Å². The summed E-state index contributed by atoms with van der Waals surface area (Å²) < 4.78 is 10.9. The maximum Gasteiger partial charge on any atom is 0.407 e. The van der Waals surface area contributed by atoms with E-state index in [-0.39, 0.29) is 24.5 Å². The Bertz CT molecular complexity index is 572. The Hall–Kier alpha value is -2.04. The topological polar surface area (TPSA) is 64.6 Å². The summed E-state index contributed by atoms with van der Waals surface area (Å²) in [5.41, 5.74) is 0.229. The number of benzene rings is 1. The molecule has 5 heteroatoms. The fraction of sp³-hybridized carbons (Fsp3) is 0.579. The van der Waals surface area contributed by atoms with E-state index in [9.17, 15) is 9.59 Å². The Morgan fingerprint density at radius 1 is 1.38 bits per heavy atom. The summed E-state index contributed by atoms with van der Waals surface area (Å²) in [5, 5.41) is 2.91. The number of carbonyl (C=O) groups excluding carboxylic acids is 2. The van der Waals surface area contributed by atoms with Gasteiger partial charge in [0.05, 0.1) is 12.5 Å². The molecule has 132 valence electrons. The number of amides is 1. The van der Waals surface area contributed by atoms with E-state index in [0.29, 0.717) is 18.8 Å². The van der Waals surface area contributed by atoms with E-state index in [1.807, 2.05) is 44.2 Å². The molecule has 1 amide bonds. The molecule has 0 saturated carbocycles. The molecular formula is C19H27NO4. The van der Waals surface area contributed by atoms with Crippen LogP contribution in [0.25, 0.3) is 0 Å². The van der Waals surface area contributed by atoms with Gasteiger partial charge in [0, 0.05) is 5.92 Å². The van der Waals surface area contributed by atoms with Gasteiger partial charge in [-0.3, -0.25) is 4.79 Å². The lowest BCUT2D eigenvalue weighted by molar-refractivity contribution is -0.150. The van der Waals surface area contributed by atoms with Crippen LogP contribution < -0.4 is 5.32 Å². The highest BCUT2D eigenvalue weighted by molar-refractivity contribution is 5.73. The minimum absolute atomic E-state index is 0.0446. The summed E-state index contributed by atoms with van der Waals surface area (Å²) in [4.78, 5) is 23.9. The molecule has 2 rings (SSSR count). The fourth-order valence-corrected chi connectivity index (χ4v) is 3.07. The first-order chi connectivity index (χ1) is 11.3. The van der Waals surface area contributed by atoms with Gasteiger partial charge in [0.2, 0.25) is 0 Å². The van der Waals surface area contributed by atoms with Crippen molar-refractivity contribution in [3.8, 4) is 0 Å². The van der Waals surface area contributed by atoms with Crippen LogP contribution >= 0.6 is 0 Å². The number of hydrogen-bond donors (Lipinski definition) is 1. The van der Waals surface area contributed by atoms with Crippen molar-refractivity contribution in [1.29, 1.82) is 0 Å². The van der Waals surface area contributed by atoms with E-state index in [1.165, 1.54) is 0 Å². The maximum atomic E-state index is 12.2. The molecule has 24 heavy (non-hydrogen) atoms. The minimum atomic E-state index is -0.701. The van der Waals surface area contributed by atoms with Crippen LogP contribution in [0, 0.1) is 11.8 Å². The second kappa shape index (κ2) is 7.69. The van der Waals surface area contributed by atoms with Crippen LogP contribution in [0.5, 0.6) is 0 Å². The Balaban J connectivity index is 2.00. The number of esters is 1. The summed E-state index contributed by atoms with van der Waals surface area (Å²) in [7, 11) is 0. The molecule has 0 radical (unpaired) electrons. The van der Waals surface area contributed by atoms with Crippen molar-refractivity contribution in [2.24, 2.45) is 11.8 Å². The number of alkyl carbamates (subject to hydrolysis) is 1. The summed E-state index contributed by atoms with van der Waals surface area (Å²) in [5.74, 6) is 0.189. The predicted octanol–water partition coefficient (Wildman–Crippen LogP) is 3.67. The van der Waals surface area contributed by atoms with E-state index < -0.39 is 11.7 Å². The van der Waals surface area contributed by atoms with Crippen LogP contribution in [0.3, 0.4) is 0 Å². The minimum Gasteiger partial charge on any atom is -0.457 e. The van der Waals surface area contributed by atoms with E-state index >= 15 is 0 Å². The third kappa shape index (κ3) is 4.49. The normalized spacial score (nSPS) is 24.5. The third-order valence-corrected chi connectivity index (χ3v) is 4.69. The largest absolute Gasteiger partial charge is 0.457 e. The number of hydrogen-bond acceptors (Lipinski definition) is 4. The lowest BCUT2D eigenvalue weighted by atomic mass is 9.80.